The Kier molecular flexibility index (Phi) is 24.4. The van der Waals surface area contributed by atoms with Gasteiger partial charge in [-0.3, -0.25) is 9.59 Å². The molecule has 0 rings (SSSR count). The first-order valence-corrected chi connectivity index (χ1v) is 17.3. The molecule has 42 heavy (non-hydrogen) atoms. The third-order valence-corrected chi connectivity index (χ3v) is 8.98. The van der Waals surface area contributed by atoms with Crippen molar-refractivity contribution in [3.63, 3.8) is 0 Å². The van der Waals surface area contributed by atoms with Crippen molar-refractivity contribution in [2.45, 2.75) is 150 Å². The van der Waals surface area contributed by atoms with E-state index in [1.54, 1.807) is 6.92 Å². The fraction of sp³-hybridized carbons (Fsp3) is 0.857. The number of carboxylic acid groups (broad SMARTS) is 3. The lowest BCUT2D eigenvalue weighted by Gasteiger charge is -2.44. The number of carbonyl (C=O) groups is 3. The van der Waals surface area contributed by atoms with E-state index in [0.29, 0.717) is 25.8 Å². The van der Waals surface area contributed by atoms with Gasteiger partial charge in [0.1, 0.15) is 11.8 Å². The maximum absolute atomic E-state index is 12.0. The van der Waals surface area contributed by atoms with E-state index < -0.39 is 35.7 Å². The summed E-state index contributed by atoms with van der Waals surface area (Å²) in [6.07, 6.45) is 25.4. The summed E-state index contributed by atoms with van der Waals surface area (Å²) in [7, 11) is 0. The zero-order valence-corrected chi connectivity index (χ0v) is 27.6. The third-order valence-electron chi connectivity index (χ3n) is 8.98. The molecule has 0 spiro atoms. The fourth-order valence-electron chi connectivity index (χ4n) is 6.08. The number of quaternary nitrogens is 1. The molecule has 7 nitrogen and oxygen atoms in total. The quantitative estimate of drug-likeness (QED) is 0.0501. The standard InChI is InChI=1S/C35H65NO6/c1-5-9-10-11-12-13-14-15-16-17-18-19-20-21-22-23-24-25-26-36(27-30(6-2)33(37)38,28-31(7-3)34(39)40)29-32(8-4)35(41)42/h14-15,30-32H,5-13,16-29H2,1-4H3,(H2-,37,38,39,40,41,42)/b15-14+. The highest BCUT2D eigenvalue weighted by Crippen LogP contribution is 2.25. The van der Waals surface area contributed by atoms with E-state index in [0.717, 1.165) is 25.7 Å². The molecule has 0 saturated heterocycles. The molecule has 246 valence electrons. The second-order valence-corrected chi connectivity index (χ2v) is 12.6. The minimum absolute atomic E-state index is 0.218. The summed E-state index contributed by atoms with van der Waals surface area (Å²) in [5.41, 5.74) is 0. The van der Waals surface area contributed by atoms with Gasteiger partial charge in [0.25, 0.3) is 0 Å². The van der Waals surface area contributed by atoms with Crippen LogP contribution in [0.25, 0.3) is 0 Å². The average Bonchev–Trinajstić information content (AvgIpc) is 2.96. The normalized spacial score (nSPS) is 15.3. The van der Waals surface area contributed by atoms with Crippen molar-refractivity contribution in [1.82, 2.24) is 0 Å². The van der Waals surface area contributed by atoms with Crippen molar-refractivity contribution < 1.29 is 34.2 Å². The molecule has 0 amide bonds. The molecular weight excluding hydrogens is 530 g/mol. The third kappa shape index (κ3) is 19.3. The van der Waals surface area contributed by atoms with Crippen LogP contribution in [0.4, 0.5) is 0 Å². The lowest BCUT2D eigenvalue weighted by atomic mass is 9.95. The molecule has 2 N–H and O–H groups in total. The maximum atomic E-state index is 12.0. The molecule has 0 aliphatic heterocycles. The van der Waals surface area contributed by atoms with Crippen LogP contribution in [0.3, 0.4) is 0 Å². The van der Waals surface area contributed by atoms with Crippen LogP contribution < -0.4 is 5.11 Å². The van der Waals surface area contributed by atoms with Crippen LogP contribution in [-0.4, -0.2) is 58.8 Å². The zero-order chi connectivity index (χ0) is 31.6. The first-order chi connectivity index (χ1) is 20.2. The molecule has 0 saturated carbocycles. The number of aliphatic carboxylic acids is 3. The van der Waals surface area contributed by atoms with Crippen LogP contribution in [0.1, 0.15) is 150 Å². The highest BCUT2D eigenvalue weighted by atomic mass is 16.4. The highest BCUT2D eigenvalue weighted by molar-refractivity contribution is 5.70. The largest absolute Gasteiger partial charge is 0.550 e. The minimum atomic E-state index is -1.14. The van der Waals surface area contributed by atoms with Gasteiger partial charge in [-0.25, -0.2) is 0 Å². The summed E-state index contributed by atoms with van der Waals surface area (Å²) in [5, 5.41) is 31.5. The van der Waals surface area contributed by atoms with Crippen LogP contribution in [0.15, 0.2) is 12.2 Å². The van der Waals surface area contributed by atoms with E-state index in [9.17, 15) is 29.7 Å². The average molecular weight is 596 g/mol. The van der Waals surface area contributed by atoms with Gasteiger partial charge in [0, 0.05) is 5.92 Å². The predicted octanol–water partition coefficient (Wildman–Crippen LogP) is 7.62. The van der Waals surface area contributed by atoms with Gasteiger partial charge in [-0.05, 0) is 57.8 Å². The van der Waals surface area contributed by atoms with Gasteiger partial charge in [-0.2, -0.15) is 0 Å². The van der Waals surface area contributed by atoms with E-state index in [1.165, 1.54) is 77.0 Å². The molecule has 3 unspecified atom stereocenters. The Bertz CT molecular complexity index is 677. The summed E-state index contributed by atoms with van der Waals surface area (Å²) in [6.45, 7) is 9.04. The van der Waals surface area contributed by atoms with Crippen LogP contribution in [-0.2, 0) is 14.4 Å². The van der Waals surface area contributed by atoms with E-state index in [2.05, 4.69) is 19.1 Å². The van der Waals surface area contributed by atoms with Gasteiger partial charge < -0.3 is 24.6 Å². The molecule has 0 aliphatic carbocycles. The Balaban J connectivity index is 4.71. The molecule has 0 fully saturated rings. The molecule has 0 aromatic rings. The summed E-state index contributed by atoms with van der Waals surface area (Å²) >= 11 is 0. The van der Waals surface area contributed by atoms with Gasteiger partial charge in [-0.15, -0.1) is 0 Å². The van der Waals surface area contributed by atoms with Crippen molar-refractivity contribution in [2.75, 3.05) is 26.2 Å². The Hall–Kier alpha value is -1.89. The monoisotopic (exact) mass is 595 g/mol. The number of rotatable bonds is 30. The molecule has 0 aromatic carbocycles. The van der Waals surface area contributed by atoms with Crippen molar-refractivity contribution in [3.8, 4) is 0 Å². The van der Waals surface area contributed by atoms with Crippen molar-refractivity contribution in [1.29, 1.82) is 0 Å². The van der Waals surface area contributed by atoms with E-state index in [-0.39, 0.29) is 24.1 Å². The van der Waals surface area contributed by atoms with Crippen LogP contribution in [0, 0.1) is 17.8 Å². The maximum Gasteiger partial charge on any atom is 0.312 e. The van der Waals surface area contributed by atoms with Gasteiger partial charge in [0.05, 0.1) is 32.1 Å². The summed E-state index contributed by atoms with van der Waals surface area (Å²) in [4.78, 5) is 35.8. The van der Waals surface area contributed by atoms with Crippen molar-refractivity contribution in [2.24, 2.45) is 17.8 Å². The summed E-state index contributed by atoms with van der Waals surface area (Å²) < 4.78 is 0.218. The van der Waals surface area contributed by atoms with Crippen molar-refractivity contribution >= 4 is 17.9 Å². The smallest absolute Gasteiger partial charge is 0.312 e. The number of hydrogen-bond donors (Lipinski definition) is 2. The number of carboxylic acids is 3. The summed E-state index contributed by atoms with van der Waals surface area (Å²) in [6, 6.07) is 0. The van der Waals surface area contributed by atoms with Crippen molar-refractivity contribution in [3.05, 3.63) is 12.2 Å². The highest BCUT2D eigenvalue weighted by Gasteiger charge is 2.39. The van der Waals surface area contributed by atoms with Gasteiger partial charge in [0.2, 0.25) is 0 Å². The molecule has 0 radical (unpaired) electrons. The lowest BCUT2D eigenvalue weighted by molar-refractivity contribution is -0.935. The van der Waals surface area contributed by atoms with Crippen LogP contribution >= 0.6 is 0 Å². The van der Waals surface area contributed by atoms with Crippen LogP contribution in [0.2, 0.25) is 0 Å². The molecule has 0 aromatic heterocycles. The van der Waals surface area contributed by atoms with Gasteiger partial charge in [-0.1, -0.05) is 104 Å². The van der Waals surface area contributed by atoms with Gasteiger partial charge in [0.15, 0.2) is 0 Å². The van der Waals surface area contributed by atoms with Crippen LogP contribution in [0.5, 0.6) is 0 Å². The molecule has 3 atom stereocenters. The summed E-state index contributed by atoms with van der Waals surface area (Å²) in [5.74, 6) is -4.95. The molecular formula is C35H65NO6. The number of nitrogens with zero attached hydrogens (tertiary/aromatic N) is 1. The Morgan fingerprint density at radius 1 is 0.571 bits per heavy atom. The molecule has 0 aliphatic rings. The van der Waals surface area contributed by atoms with E-state index >= 15 is 0 Å². The van der Waals surface area contributed by atoms with E-state index in [1.807, 2.05) is 13.8 Å². The SMILES string of the molecule is CCCCCCC/C=C/CCCCCCCCCCC[N+](CC(CC)C(=O)[O-])(CC(CC)C(=O)O)CC(CC)C(=O)O. The van der Waals surface area contributed by atoms with E-state index in [4.69, 9.17) is 0 Å². The number of allylic oxidation sites excluding steroid dienone is 2. The first kappa shape index (κ1) is 40.1. The van der Waals surface area contributed by atoms with Gasteiger partial charge >= 0.3 is 11.9 Å². The predicted molar refractivity (Wildman–Crippen MR) is 170 cm³/mol. The Morgan fingerprint density at radius 2 is 0.929 bits per heavy atom. The zero-order valence-electron chi connectivity index (χ0n) is 27.6. The molecule has 7 heteroatoms. The topological polar surface area (TPSA) is 115 Å². The molecule has 0 bridgehead atoms. The molecule has 0 heterocycles. The number of hydrogen-bond acceptors (Lipinski definition) is 4. The Morgan fingerprint density at radius 3 is 1.29 bits per heavy atom. The first-order valence-electron chi connectivity index (χ1n) is 17.3. The fourth-order valence-corrected chi connectivity index (χ4v) is 6.08. The minimum Gasteiger partial charge on any atom is -0.550 e. The Labute approximate surface area is 257 Å². The second kappa shape index (κ2) is 25.6. The lowest BCUT2D eigenvalue weighted by Crippen LogP contribution is -2.59. The number of unbranched alkanes of at least 4 members (excludes halogenated alkanes) is 14. The number of carbonyl (C=O) groups excluding carboxylic acids is 1. The second-order valence-electron chi connectivity index (χ2n) is 12.6.